The first kappa shape index (κ1) is 13.3. The molecule has 0 N–H and O–H groups in total. The summed E-state index contributed by atoms with van der Waals surface area (Å²) >= 11 is 6.08. The Morgan fingerprint density at radius 3 is 3.00 bits per heavy atom. The largest absolute Gasteiger partial charge is 0.380 e. The summed E-state index contributed by atoms with van der Waals surface area (Å²) in [5.41, 5.74) is 0.883. The van der Waals surface area contributed by atoms with Crippen LogP contribution in [0.3, 0.4) is 0 Å². The number of hydrogen-bond donors (Lipinski definition) is 0. The Hall–Kier alpha value is -1.17. The van der Waals surface area contributed by atoms with Crippen molar-refractivity contribution in [3.05, 3.63) is 38.9 Å². The summed E-state index contributed by atoms with van der Waals surface area (Å²) in [4.78, 5) is 12.5. The fraction of sp³-hybridized carbons (Fsp3) is 0.500. The molecule has 1 fully saturated rings. The van der Waals surface area contributed by atoms with Gasteiger partial charge in [0.1, 0.15) is 0 Å². The Bertz CT molecular complexity index is 431. The van der Waals surface area contributed by atoms with Crippen molar-refractivity contribution in [2.75, 3.05) is 26.3 Å². The van der Waals surface area contributed by atoms with Gasteiger partial charge in [-0.15, -0.1) is 0 Å². The summed E-state index contributed by atoms with van der Waals surface area (Å²) < 4.78 is 5.37. The predicted octanol–water partition coefficient (Wildman–Crippen LogP) is 2.47. The molecule has 0 bridgehead atoms. The average molecular weight is 271 g/mol. The van der Waals surface area contributed by atoms with Crippen LogP contribution in [0.15, 0.2) is 18.2 Å². The lowest BCUT2D eigenvalue weighted by Crippen LogP contribution is -2.26. The minimum Gasteiger partial charge on any atom is -0.380 e. The van der Waals surface area contributed by atoms with Crippen molar-refractivity contribution in [3.63, 3.8) is 0 Å². The monoisotopic (exact) mass is 270 g/mol. The molecule has 1 aromatic rings. The first-order valence-corrected chi connectivity index (χ1v) is 6.27. The van der Waals surface area contributed by atoms with Crippen molar-refractivity contribution >= 4 is 17.3 Å². The van der Waals surface area contributed by atoms with E-state index < -0.39 is 4.92 Å². The summed E-state index contributed by atoms with van der Waals surface area (Å²) in [6.07, 6.45) is 0.979. The highest BCUT2D eigenvalue weighted by Crippen LogP contribution is 2.23. The van der Waals surface area contributed by atoms with E-state index in [1.807, 2.05) is 0 Å². The SMILES string of the molecule is O=[N+]([O-])c1ccc(Cl)c(CN2CCCOCC2)c1. The van der Waals surface area contributed by atoms with Gasteiger partial charge in [-0.05, 0) is 18.1 Å². The molecule has 2 rings (SSSR count). The standard InChI is InChI=1S/C12H15ClN2O3/c13-12-3-2-11(15(16)17)8-10(12)9-14-4-1-6-18-7-5-14/h2-3,8H,1,4-7,9H2. The Labute approximate surface area is 110 Å². The zero-order valence-electron chi connectivity index (χ0n) is 9.97. The van der Waals surface area contributed by atoms with Crippen molar-refractivity contribution in [1.82, 2.24) is 4.90 Å². The second-order valence-corrected chi connectivity index (χ2v) is 4.68. The van der Waals surface area contributed by atoms with Gasteiger partial charge in [0.25, 0.3) is 5.69 Å². The van der Waals surface area contributed by atoms with Gasteiger partial charge in [-0.25, -0.2) is 0 Å². The van der Waals surface area contributed by atoms with Gasteiger partial charge in [0.2, 0.25) is 0 Å². The molecular formula is C12H15ClN2O3. The second-order valence-electron chi connectivity index (χ2n) is 4.27. The van der Waals surface area contributed by atoms with Gasteiger partial charge in [0.05, 0.1) is 11.5 Å². The number of benzene rings is 1. The molecule has 18 heavy (non-hydrogen) atoms. The molecule has 0 unspecified atom stereocenters. The molecule has 1 aliphatic rings. The van der Waals surface area contributed by atoms with Crippen LogP contribution in [0.25, 0.3) is 0 Å². The van der Waals surface area contributed by atoms with Crippen molar-refractivity contribution in [2.24, 2.45) is 0 Å². The quantitative estimate of drug-likeness (QED) is 0.625. The Balaban J connectivity index is 2.11. The molecule has 0 amide bonds. The van der Waals surface area contributed by atoms with Crippen LogP contribution in [0, 0.1) is 10.1 Å². The second kappa shape index (κ2) is 6.13. The molecule has 1 saturated heterocycles. The van der Waals surface area contributed by atoms with Crippen LogP contribution >= 0.6 is 11.6 Å². The molecule has 0 saturated carbocycles. The number of ether oxygens (including phenoxy) is 1. The lowest BCUT2D eigenvalue weighted by atomic mass is 10.2. The third-order valence-corrected chi connectivity index (χ3v) is 3.32. The normalized spacial score (nSPS) is 17.4. The van der Waals surface area contributed by atoms with E-state index in [0.717, 1.165) is 31.7 Å². The molecule has 0 spiro atoms. The number of rotatable bonds is 3. The predicted molar refractivity (Wildman–Crippen MR) is 68.8 cm³/mol. The molecule has 0 atom stereocenters. The summed E-state index contributed by atoms with van der Waals surface area (Å²) in [6, 6.07) is 4.56. The molecule has 0 aromatic heterocycles. The molecule has 1 aliphatic heterocycles. The van der Waals surface area contributed by atoms with E-state index in [-0.39, 0.29) is 5.69 Å². The van der Waals surface area contributed by atoms with E-state index in [4.69, 9.17) is 16.3 Å². The minimum absolute atomic E-state index is 0.0838. The van der Waals surface area contributed by atoms with Gasteiger partial charge in [-0.2, -0.15) is 0 Å². The Morgan fingerprint density at radius 2 is 2.22 bits per heavy atom. The fourth-order valence-electron chi connectivity index (χ4n) is 1.99. The van der Waals surface area contributed by atoms with E-state index in [1.165, 1.54) is 6.07 Å². The summed E-state index contributed by atoms with van der Waals surface area (Å²) in [5.74, 6) is 0. The van der Waals surface area contributed by atoms with Crippen LogP contribution in [0.5, 0.6) is 0 Å². The van der Waals surface area contributed by atoms with E-state index >= 15 is 0 Å². The number of nitro benzene ring substituents is 1. The average Bonchev–Trinajstić information content (AvgIpc) is 2.60. The molecule has 6 heteroatoms. The van der Waals surface area contributed by atoms with Crippen LogP contribution < -0.4 is 0 Å². The molecule has 0 aliphatic carbocycles. The van der Waals surface area contributed by atoms with Crippen LogP contribution in [0.4, 0.5) is 5.69 Å². The topological polar surface area (TPSA) is 55.6 Å². The van der Waals surface area contributed by atoms with E-state index in [1.54, 1.807) is 12.1 Å². The summed E-state index contributed by atoms with van der Waals surface area (Å²) in [6.45, 7) is 3.87. The number of nitro groups is 1. The molecule has 0 radical (unpaired) electrons. The van der Waals surface area contributed by atoms with Crippen molar-refractivity contribution in [3.8, 4) is 0 Å². The number of hydrogen-bond acceptors (Lipinski definition) is 4. The summed E-state index contributed by atoms with van der Waals surface area (Å²) in [7, 11) is 0. The molecule has 98 valence electrons. The van der Waals surface area contributed by atoms with Crippen molar-refractivity contribution in [1.29, 1.82) is 0 Å². The van der Waals surface area contributed by atoms with Crippen LogP contribution in [0.2, 0.25) is 5.02 Å². The van der Waals surface area contributed by atoms with Crippen LogP contribution in [0.1, 0.15) is 12.0 Å². The third-order valence-electron chi connectivity index (χ3n) is 2.95. The molecule has 5 nitrogen and oxygen atoms in total. The number of nitrogens with zero attached hydrogens (tertiary/aromatic N) is 2. The van der Waals surface area contributed by atoms with Gasteiger partial charge in [0.15, 0.2) is 0 Å². The minimum atomic E-state index is -0.397. The van der Waals surface area contributed by atoms with Gasteiger partial charge in [-0.3, -0.25) is 15.0 Å². The van der Waals surface area contributed by atoms with Crippen LogP contribution in [-0.2, 0) is 11.3 Å². The first-order chi connectivity index (χ1) is 8.66. The van der Waals surface area contributed by atoms with Gasteiger partial charge >= 0.3 is 0 Å². The smallest absolute Gasteiger partial charge is 0.269 e. The van der Waals surface area contributed by atoms with E-state index in [0.29, 0.717) is 18.2 Å². The maximum Gasteiger partial charge on any atom is 0.269 e. The van der Waals surface area contributed by atoms with E-state index in [2.05, 4.69) is 4.90 Å². The zero-order chi connectivity index (χ0) is 13.0. The Kier molecular flexibility index (Phi) is 4.52. The fourth-order valence-corrected chi connectivity index (χ4v) is 2.17. The van der Waals surface area contributed by atoms with Gasteiger partial charge < -0.3 is 4.74 Å². The third kappa shape index (κ3) is 3.41. The van der Waals surface area contributed by atoms with Crippen LogP contribution in [-0.4, -0.2) is 36.1 Å². The number of halogens is 1. The van der Waals surface area contributed by atoms with Gasteiger partial charge in [0, 0.05) is 43.4 Å². The Morgan fingerprint density at radius 1 is 1.39 bits per heavy atom. The first-order valence-electron chi connectivity index (χ1n) is 5.90. The van der Waals surface area contributed by atoms with Crippen molar-refractivity contribution in [2.45, 2.75) is 13.0 Å². The highest BCUT2D eigenvalue weighted by molar-refractivity contribution is 6.31. The maximum absolute atomic E-state index is 10.7. The molecule has 1 aromatic carbocycles. The lowest BCUT2D eigenvalue weighted by Gasteiger charge is -2.19. The zero-order valence-corrected chi connectivity index (χ0v) is 10.7. The molecule has 1 heterocycles. The number of non-ortho nitro benzene ring substituents is 1. The van der Waals surface area contributed by atoms with E-state index in [9.17, 15) is 10.1 Å². The summed E-state index contributed by atoms with van der Waals surface area (Å²) in [5, 5.41) is 11.3. The van der Waals surface area contributed by atoms with Gasteiger partial charge in [-0.1, -0.05) is 11.6 Å². The highest BCUT2D eigenvalue weighted by atomic mass is 35.5. The highest BCUT2D eigenvalue weighted by Gasteiger charge is 2.14. The lowest BCUT2D eigenvalue weighted by molar-refractivity contribution is -0.384. The maximum atomic E-state index is 10.7. The molecular weight excluding hydrogens is 256 g/mol. The van der Waals surface area contributed by atoms with Crippen molar-refractivity contribution < 1.29 is 9.66 Å².